The molecule has 0 aliphatic heterocycles. The van der Waals surface area contributed by atoms with E-state index in [1.54, 1.807) is 44.6 Å². The number of hydrogen-bond acceptors (Lipinski definition) is 6. The lowest BCUT2D eigenvalue weighted by Crippen LogP contribution is -2.25. The Balaban J connectivity index is 1.60. The Morgan fingerprint density at radius 3 is 2.50 bits per heavy atom. The normalized spacial score (nSPS) is 10.8. The smallest absolute Gasteiger partial charge is 0.306 e. The highest BCUT2D eigenvalue weighted by atomic mass is 16.5. The molecule has 0 fully saturated rings. The molecule has 9 heteroatoms. The van der Waals surface area contributed by atoms with Crippen LogP contribution in [0.15, 0.2) is 39.6 Å². The molecule has 0 atom stereocenters. The number of para-hydroxylation sites is 1. The Kier molecular flexibility index (Phi) is 6.20. The standard InChI is InChI=1S/C21H24N4O5/c1-13-17(15(3)30-23-13)10-11-19(27)29-12-18(26)22-20-14(2)24(4)25(21(20)28)16-8-6-5-7-9-16/h5-9H,10-12H2,1-4H3,(H,22,26). The number of aryl methyl sites for hydroxylation is 2. The number of nitrogens with one attached hydrogen (secondary N) is 1. The minimum Gasteiger partial charge on any atom is -0.456 e. The van der Waals surface area contributed by atoms with E-state index in [4.69, 9.17) is 9.26 Å². The second kappa shape index (κ2) is 8.81. The van der Waals surface area contributed by atoms with Gasteiger partial charge in [0.25, 0.3) is 11.5 Å². The van der Waals surface area contributed by atoms with Crippen LogP contribution in [0.25, 0.3) is 5.69 Å². The van der Waals surface area contributed by atoms with Gasteiger partial charge in [-0.1, -0.05) is 23.4 Å². The van der Waals surface area contributed by atoms with E-state index in [1.165, 1.54) is 4.68 Å². The highest BCUT2D eigenvalue weighted by molar-refractivity contribution is 5.93. The van der Waals surface area contributed by atoms with Crippen LogP contribution in [0.4, 0.5) is 5.69 Å². The first kappa shape index (κ1) is 21.1. The molecule has 1 N–H and O–H groups in total. The molecule has 9 nitrogen and oxygen atoms in total. The van der Waals surface area contributed by atoms with E-state index in [9.17, 15) is 14.4 Å². The number of hydrogen-bond donors (Lipinski definition) is 1. The maximum Gasteiger partial charge on any atom is 0.306 e. The molecule has 158 valence electrons. The molecule has 1 aromatic carbocycles. The number of rotatable bonds is 7. The number of amides is 1. The summed E-state index contributed by atoms with van der Waals surface area (Å²) in [6.07, 6.45) is 0.516. The van der Waals surface area contributed by atoms with Gasteiger partial charge >= 0.3 is 5.97 Å². The van der Waals surface area contributed by atoms with Crippen LogP contribution in [0.1, 0.15) is 29.1 Å². The largest absolute Gasteiger partial charge is 0.456 e. The van der Waals surface area contributed by atoms with Crippen molar-refractivity contribution in [1.82, 2.24) is 14.5 Å². The van der Waals surface area contributed by atoms with Gasteiger partial charge in [0.05, 0.1) is 17.1 Å². The Hall–Kier alpha value is -3.62. The summed E-state index contributed by atoms with van der Waals surface area (Å²) in [5, 5.41) is 6.40. The van der Waals surface area contributed by atoms with Crippen LogP contribution in [-0.4, -0.2) is 33.0 Å². The van der Waals surface area contributed by atoms with Gasteiger partial charge in [-0.05, 0) is 39.3 Å². The van der Waals surface area contributed by atoms with Gasteiger partial charge in [0.1, 0.15) is 11.4 Å². The number of aromatic nitrogens is 3. The van der Waals surface area contributed by atoms with E-state index in [2.05, 4.69) is 10.5 Å². The van der Waals surface area contributed by atoms with Crippen molar-refractivity contribution >= 4 is 17.6 Å². The second-order valence-electron chi connectivity index (χ2n) is 6.95. The van der Waals surface area contributed by atoms with Gasteiger partial charge in [0.2, 0.25) is 0 Å². The van der Waals surface area contributed by atoms with Crippen LogP contribution in [0.3, 0.4) is 0 Å². The number of benzene rings is 1. The fourth-order valence-electron chi connectivity index (χ4n) is 3.19. The quantitative estimate of drug-likeness (QED) is 0.596. The first-order valence-corrected chi connectivity index (χ1v) is 9.50. The zero-order chi connectivity index (χ0) is 21.8. The molecule has 1 amide bonds. The van der Waals surface area contributed by atoms with Crippen molar-refractivity contribution in [1.29, 1.82) is 0 Å². The number of ether oxygens (including phenoxy) is 1. The van der Waals surface area contributed by atoms with Crippen molar-refractivity contribution < 1.29 is 18.8 Å². The molecule has 30 heavy (non-hydrogen) atoms. The van der Waals surface area contributed by atoms with Crippen LogP contribution in [0.5, 0.6) is 0 Å². The highest BCUT2D eigenvalue weighted by Gasteiger charge is 2.19. The number of carbonyl (C=O) groups excluding carboxylic acids is 2. The topological polar surface area (TPSA) is 108 Å². The number of esters is 1. The van der Waals surface area contributed by atoms with Crippen LogP contribution < -0.4 is 10.9 Å². The lowest BCUT2D eigenvalue weighted by molar-refractivity contribution is -0.147. The predicted octanol–water partition coefficient (Wildman–Crippen LogP) is 2.20. The van der Waals surface area contributed by atoms with Crippen molar-refractivity contribution in [2.45, 2.75) is 33.6 Å². The summed E-state index contributed by atoms with van der Waals surface area (Å²) in [6, 6.07) is 9.10. The summed E-state index contributed by atoms with van der Waals surface area (Å²) in [6.45, 7) is 4.83. The number of anilines is 1. The first-order valence-electron chi connectivity index (χ1n) is 9.50. The molecule has 0 radical (unpaired) electrons. The average Bonchev–Trinajstić information content (AvgIpc) is 3.16. The van der Waals surface area contributed by atoms with E-state index >= 15 is 0 Å². The third kappa shape index (κ3) is 4.35. The van der Waals surface area contributed by atoms with E-state index in [-0.39, 0.29) is 17.7 Å². The van der Waals surface area contributed by atoms with Crippen LogP contribution in [-0.2, 0) is 27.8 Å². The van der Waals surface area contributed by atoms with Crippen molar-refractivity contribution in [3.05, 3.63) is 63.4 Å². The second-order valence-corrected chi connectivity index (χ2v) is 6.95. The fourth-order valence-corrected chi connectivity index (χ4v) is 3.19. The molecule has 0 bridgehead atoms. The number of nitrogens with zero attached hydrogens (tertiary/aromatic N) is 3. The lowest BCUT2D eigenvalue weighted by Gasteiger charge is -2.07. The lowest BCUT2D eigenvalue weighted by atomic mass is 10.1. The molecular weight excluding hydrogens is 388 g/mol. The zero-order valence-electron chi connectivity index (χ0n) is 17.4. The molecule has 2 heterocycles. The summed E-state index contributed by atoms with van der Waals surface area (Å²) in [5.41, 5.74) is 2.64. The third-order valence-corrected chi connectivity index (χ3v) is 4.94. The van der Waals surface area contributed by atoms with E-state index in [1.807, 2.05) is 18.2 Å². The Morgan fingerprint density at radius 1 is 1.17 bits per heavy atom. The highest BCUT2D eigenvalue weighted by Crippen LogP contribution is 2.15. The van der Waals surface area contributed by atoms with Gasteiger partial charge in [0.15, 0.2) is 6.61 Å². The summed E-state index contributed by atoms with van der Waals surface area (Å²) in [4.78, 5) is 37.0. The fraction of sp³-hybridized carbons (Fsp3) is 0.333. The van der Waals surface area contributed by atoms with Gasteiger partial charge < -0.3 is 14.6 Å². The Labute approximate surface area is 173 Å². The molecule has 0 aliphatic rings. The molecule has 3 rings (SSSR count). The maximum absolute atomic E-state index is 12.8. The van der Waals surface area contributed by atoms with Crippen LogP contribution >= 0.6 is 0 Å². The van der Waals surface area contributed by atoms with Crippen molar-refractivity contribution in [2.24, 2.45) is 7.05 Å². The van der Waals surface area contributed by atoms with Gasteiger partial charge in [-0.2, -0.15) is 0 Å². The molecule has 0 unspecified atom stereocenters. The summed E-state index contributed by atoms with van der Waals surface area (Å²) >= 11 is 0. The van der Waals surface area contributed by atoms with E-state index in [0.717, 1.165) is 11.3 Å². The van der Waals surface area contributed by atoms with Crippen LogP contribution in [0, 0.1) is 20.8 Å². The molecular formula is C21H24N4O5. The molecule has 0 spiro atoms. The van der Waals surface area contributed by atoms with Crippen molar-refractivity contribution in [3.63, 3.8) is 0 Å². The van der Waals surface area contributed by atoms with Crippen LogP contribution in [0.2, 0.25) is 0 Å². The average molecular weight is 412 g/mol. The van der Waals surface area contributed by atoms with Gasteiger partial charge in [-0.25, -0.2) is 4.68 Å². The third-order valence-electron chi connectivity index (χ3n) is 4.94. The summed E-state index contributed by atoms with van der Waals surface area (Å²) in [5.74, 6) is -0.435. The van der Waals surface area contributed by atoms with Crippen molar-refractivity contribution in [2.75, 3.05) is 11.9 Å². The van der Waals surface area contributed by atoms with E-state index in [0.29, 0.717) is 23.6 Å². The van der Waals surface area contributed by atoms with E-state index < -0.39 is 18.5 Å². The zero-order valence-corrected chi connectivity index (χ0v) is 17.4. The molecule has 0 saturated heterocycles. The summed E-state index contributed by atoms with van der Waals surface area (Å²) < 4.78 is 13.2. The Morgan fingerprint density at radius 2 is 1.87 bits per heavy atom. The molecule has 0 aliphatic carbocycles. The van der Waals surface area contributed by atoms with Gasteiger partial charge in [-0.15, -0.1) is 0 Å². The van der Waals surface area contributed by atoms with Gasteiger partial charge in [-0.3, -0.25) is 19.1 Å². The van der Waals surface area contributed by atoms with Crippen molar-refractivity contribution in [3.8, 4) is 5.69 Å². The number of carbonyl (C=O) groups is 2. The SMILES string of the molecule is Cc1noc(C)c1CCC(=O)OCC(=O)Nc1c(C)n(C)n(-c2ccccc2)c1=O. The predicted molar refractivity (Wildman–Crippen MR) is 110 cm³/mol. The minimum atomic E-state index is -0.577. The minimum absolute atomic E-state index is 0.0986. The monoisotopic (exact) mass is 412 g/mol. The molecule has 3 aromatic rings. The van der Waals surface area contributed by atoms with Gasteiger partial charge in [0, 0.05) is 19.0 Å². The molecule has 2 aromatic heterocycles. The summed E-state index contributed by atoms with van der Waals surface area (Å²) in [7, 11) is 1.73. The first-order chi connectivity index (χ1) is 14.3. The molecule has 0 saturated carbocycles. The Bertz CT molecular complexity index is 1100. The maximum atomic E-state index is 12.8.